The Kier molecular flexibility index (Phi) is 4.07. The minimum Gasteiger partial charge on any atom is -0.337 e. The molecule has 1 aliphatic heterocycles. The first-order chi connectivity index (χ1) is 8.31. The first-order valence-electron chi connectivity index (χ1n) is 6.42. The van der Waals surface area contributed by atoms with Crippen molar-refractivity contribution in [3.05, 3.63) is 23.5 Å². The Morgan fingerprint density at radius 3 is 2.65 bits per heavy atom. The number of likely N-dealkylation sites (tertiary alicyclic amines) is 1. The minimum atomic E-state index is 0.0368. The van der Waals surface area contributed by atoms with Gasteiger partial charge in [-0.2, -0.15) is 5.10 Å². The van der Waals surface area contributed by atoms with E-state index in [9.17, 15) is 4.79 Å². The van der Waals surface area contributed by atoms with Crippen LogP contribution < -0.4 is 0 Å². The SMILES string of the molecule is CCc1cnnc(C(=O)N2CCCCCC2)c1. The molecular formula is C13H19N3O. The van der Waals surface area contributed by atoms with Gasteiger partial charge in [0.15, 0.2) is 5.69 Å². The van der Waals surface area contributed by atoms with Crippen molar-refractivity contribution in [3.8, 4) is 0 Å². The Morgan fingerprint density at radius 1 is 1.29 bits per heavy atom. The summed E-state index contributed by atoms with van der Waals surface area (Å²) in [4.78, 5) is 14.2. The predicted molar refractivity (Wildman–Crippen MR) is 65.8 cm³/mol. The van der Waals surface area contributed by atoms with Crippen molar-refractivity contribution < 1.29 is 4.79 Å². The van der Waals surface area contributed by atoms with Gasteiger partial charge in [-0.05, 0) is 30.9 Å². The van der Waals surface area contributed by atoms with E-state index in [2.05, 4.69) is 17.1 Å². The number of amides is 1. The van der Waals surface area contributed by atoms with Crippen LogP contribution >= 0.6 is 0 Å². The van der Waals surface area contributed by atoms with Gasteiger partial charge >= 0.3 is 0 Å². The molecule has 0 unspecified atom stereocenters. The molecule has 1 aromatic rings. The van der Waals surface area contributed by atoms with Crippen LogP contribution in [0.25, 0.3) is 0 Å². The zero-order valence-corrected chi connectivity index (χ0v) is 10.4. The van der Waals surface area contributed by atoms with Crippen molar-refractivity contribution in [2.45, 2.75) is 39.0 Å². The zero-order chi connectivity index (χ0) is 12.1. The van der Waals surface area contributed by atoms with E-state index in [-0.39, 0.29) is 5.91 Å². The molecule has 0 aromatic carbocycles. The van der Waals surface area contributed by atoms with Crippen LogP contribution in [0.15, 0.2) is 12.3 Å². The van der Waals surface area contributed by atoms with Crippen molar-refractivity contribution >= 4 is 5.91 Å². The van der Waals surface area contributed by atoms with Gasteiger partial charge in [-0.15, -0.1) is 5.10 Å². The Morgan fingerprint density at radius 2 is 2.00 bits per heavy atom. The van der Waals surface area contributed by atoms with Gasteiger partial charge in [0, 0.05) is 13.1 Å². The molecule has 92 valence electrons. The summed E-state index contributed by atoms with van der Waals surface area (Å²) < 4.78 is 0. The molecule has 0 spiro atoms. The second kappa shape index (κ2) is 5.75. The van der Waals surface area contributed by atoms with Gasteiger partial charge in [0.05, 0.1) is 6.20 Å². The summed E-state index contributed by atoms with van der Waals surface area (Å²) in [5, 5.41) is 7.85. The van der Waals surface area contributed by atoms with Gasteiger partial charge < -0.3 is 4.90 Å². The van der Waals surface area contributed by atoms with E-state index in [0.29, 0.717) is 5.69 Å². The first kappa shape index (κ1) is 12.0. The van der Waals surface area contributed by atoms with Crippen LogP contribution in [0, 0.1) is 0 Å². The molecule has 0 atom stereocenters. The summed E-state index contributed by atoms with van der Waals surface area (Å²) in [6, 6.07) is 1.86. The summed E-state index contributed by atoms with van der Waals surface area (Å²) in [5.41, 5.74) is 1.56. The number of nitrogens with zero attached hydrogens (tertiary/aromatic N) is 3. The van der Waals surface area contributed by atoms with E-state index in [1.807, 2.05) is 11.0 Å². The summed E-state index contributed by atoms with van der Waals surface area (Å²) in [6.45, 7) is 3.77. The quantitative estimate of drug-likeness (QED) is 0.785. The van der Waals surface area contributed by atoms with E-state index >= 15 is 0 Å². The van der Waals surface area contributed by atoms with E-state index < -0.39 is 0 Å². The average molecular weight is 233 g/mol. The van der Waals surface area contributed by atoms with Gasteiger partial charge in [-0.3, -0.25) is 4.79 Å². The van der Waals surface area contributed by atoms with Crippen molar-refractivity contribution in [2.75, 3.05) is 13.1 Å². The van der Waals surface area contributed by atoms with Gasteiger partial charge in [0.25, 0.3) is 5.91 Å². The van der Waals surface area contributed by atoms with E-state index in [1.165, 1.54) is 12.8 Å². The van der Waals surface area contributed by atoms with Gasteiger partial charge in [-0.25, -0.2) is 0 Å². The lowest BCUT2D eigenvalue weighted by molar-refractivity contribution is 0.0754. The third kappa shape index (κ3) is 3.02. The topological polar surface area (TPSA) is 46.1 Å². The Hall–Kier alpha value is -1.45. The number of rotatable bonds is 2. The highest BCUT2D eigenvalue weighted by atomic mass is 16.2. The zero-order valence-electron chi connectivity index (χ0n) is 10.4. The number of carbonyl (C=O) groups is 1. The fraction of sp³-hybridized carbons (Fsp3) is 0.615. The third-order valence-corrected chi connectivity index (χ3v) is 3.23. The van der Waals surface area contributed by atoms with Crippen LogP contribution in [0.2, 0.25) is 0 Å². The van der Waals surface area contributed by atoms with Gasteiger partial charge in [0.2, 0.25) is 0 Å². The molecule has 4 nitrogen and oxygen atoms in total. The van der Waals surface area contributed by atoms with Gasteiger partial charge in [0.1, 0.15) is 0 Å². The lowest BCUT2D eigenvalue weighted by atomic mass is 10.2. The van der Waals surface area contributed by atoms with E-state index in [0.717, 1.165) is 37.9 Å². The van der Waals surface area contributed by atoms with Crippen LogP contribution in [0.5, 0.6) is 0 Å². The molecule has 0 radical (unpaired) electrons. The highest BCUT2D eigenvalue weighted by molar-refractivity contribution is 5.92. The highest BCUT2D eigenvalue weighted by Crippen LogP contribution is 2.12. The molecule has 0 aliphatic carbocycles. The second-order valence-corrected chi connectivity index (χ2v) is 4.51. The lowest BCUT2D eigenvalue weighted by Crippen LogP contribution is -2.32. The molecule has 1 amide bonds. The molecule has 1 fully saturated rings. The molecule has 0 saturated carbocycles. The van der Waals surface area contributed by atoms with Crippen LogP contribution in [0.1, 0.15) is 48.7 Å². The Balaban J connectivity index is 2.11. The number of aromatic nitrogens is 2. The molecular weight excluding hydrogens is 214 g/mol. The second-order valence-electron chi connectivity index (χ2n) is 4.51. The molecule has 2 rings (SSSR count). The Bertz CT molecular complexity index is 384. The van der Waals surface area contributed by atoms with E-state index in [4.69, 9.17) is 0 Å². The maximum atomic E-state index is 12.2. The standard InChI is InChI=1S/C13H19N3O/c1-2-11-9-12(15-14-10-11)13(17)16-7-5-3-4-6-8-16/h9-10H,2-8H2,1H3. The highest BCUT2D eigenvalue weighted by Gasteiger charge is 2.18. The summed E-state index contributed by atoms with van der Waals surface area (Å²) >= 11 is 0. The molecule has 4 heteroatoms. The van der Waals surface area contributed by atoms with Crippen molar-refractivity contribution in [2.24, 2.45) is 0 Å². The number of aryl methyl sites for hydroxylation is 1. The maximum Gasteiger partial charge on any atom is 0.274 e. The summed E-state index contributed by atoms with van der Waals surface area (Å²) in [5.74, 6) is 0.0368. The molecule has 1 aliphatic rings. The normalized spacial score (nSPS) is 16.6. The smallest absolute Gasteiger partial charge is 0.274 e. The van der Waals surface area contributed by atoms with E-state index in [1.54, 1.807) is 6.20 Å². The first-order valence-corrected chi connectivity index (χ1v) is 6.42. The maximum absolute atomic E-state index is 12.2. The Labute approximate surface area is 102 Å². The van der Waals surface area contributed by atoms with Crippen LogP contribution in [-0.4, -0.2) is 34.1 Å². The largest absolute Gasteiger partial charge is 0.337 e. The molecule has 0 N–H and O–H groups in total. The molecule has 17 heavy (non-hydrogen) atoms. The van der Waals surface area contributed by atoms with Crippen molar-refractivity contribution in [3.63, 3.8) is 0 Å². The van der Waals surface area contributed by atoms with Crippen LogP contribution in [0.4, 0.5) is 0 Å². The number of hydrogen-bond acceptors (Lipinski definition) is 3. The van der Waals surface area contributed by atoms with Crippen LogP contribution in [-0.2, 0) is 6.42 Å². The average Bonchev–Trinajstić information content (AvgIpc) is 2.67. The summed E-state index contributed by atoms with van der Waals surface area (Å²) in [6.07, 6.45) is 7.27. The number of hydrogen-bond donors (Lipinski definition) is 0. The molecule has 1 aromatic heterocycles. The third-order valence-electron chi connectivity index (χ3n) is 3.23. The monoisotopic (exact) mass is 233 g/mol. The van der Waals surface area contributed by atoms with Crippen molar-refractivity contribution in [1.29, 1.82) is 0 Å². The molecule has 2 heterocycles. The van der Waals surface area contributed by atoms with Crippen molar-refractivity contribution in [1.82, 2.24) is 15.1 Å². The number of carbonyl (C=O) groups excluding carboxylic acids is 1. The molecule has 1 saturated heterocycles. The fourth-order valence-electron chi connectivity index (χ4n) is 2.14. The van der Waals surface area contributed by atoms with Gasteiger partial charge in [-0.1, -0.05) is 19.8 Å². The van der Waals surface area contributed by atoms with Crippen LogP contribution in [0.3, 0.4) is 0 Å². The minimum absolute atomic E-state index is 0.0368. The lowest BCUT2D eigenvalue weighted by Gasteiger charge is -2.19. The fourth-order valence-corrected chi connectivity index (χ4v) is 2.14. The predicted octanol–water partition coefficient (Wildman–Crippen LogP) is 2.06. The summed E-state index contributed by atoms with van der Waals surface area (Å²) in [7, 11) is 0. The molecule has 0 bridgehead atoms.